The average molecular weight is 355 g/mol. The molecule has 2 aromatic heterocycles. The molecule has 0 saturated carbocycles. The van der Waals surface area contributed by atoms with Crippen LogP contribution in [0.1, 0.15) is 67.4 Å². The highest BCUT2D eigenvalue weighted by Crippen LogP contribution is 2.33. The lowest BCUT2D eigenvalue weighted by molar-refractivity contribution is -0.119. The summed E-state index contributed by atoms with van der Waals surface area (Å²) >= 11 is 0. The van der Waals surface area contributed by atoms with Crippen LogP contribution in [0.3, 0.4) is 0 Å². The number of hydrogen-bond donors (Lipinski definition) is 1. The van der Waals surface area contributed by atoms with Crippen LogP contribution in [0.25, 0.3) is 0 Å². The van der Waals surface area contributed by atoms with Crippen molar-refractivity contribution in [3.8, 4) is 0 Å². The third-order valence-electron chi connectivity index (χ3n) is 4.64. The van der Waals surface area contributed by atoms with Crippen LogP contribution < -0.4 is 5.32 Å². The number of nitrogens with zero attached hydrogens (tertiary/aromatic N) is 4. The third kappa shape index (κ3) is 3.76. The van der Waals surface area contributed by atoms with Gasteiger partial charge in [0.15, 0.2) is 0 Å². The van der Waals surface area contributed by atoms with Crippen molar-refractivity contribution in [3.63, 3.8) is 0 Å². The molecule has 7 heteroatoms. The van der Waals surface area contributed by atoms with Gasteiger partial charge in [0.05, 0.1) is 18.3 Å². The fourth-order valence-electron chi connectivity index (χ4n) is 3.41. The molecule has 138 valence electrons. The van der Waals surface area contributed by atoms with Crippen molar-refractivity contribution < 1.29 is 9.59 Å². The molecule has 1 N–H and O–H groups in total. The van der Waals surface area contributed by atoms with Gasteiger partial charge in [-0.2, -0.15) is 5.10 Å². The van der Waals surface area contributed by atoms with Crippen LogP contribution >= 0.6 is 0 Å². The highest BCUT2D eigenvalue weighted by Gasteiger charge is 2.32. The van der Waals surface area contributed by atoms with Crippen LogP contribution in [-0.4, -0.2) is 38.0 Å². The van der Waals surface area contributed by atoms with E-state index in [1.165, 1.54) is 6.92 Å². The summed E-state index contributed by atoms with van der Waals surface area (Å²) in [5.41, 5.74) is 2.48. The van der Waals surface area contributed by atoms with Crippen LogP contribution in [0.15, 0.2) is 30.6 Å². The van der Waals surface area contributed by atoms with Crippen LogP contribution in [0, 0.1) is 0 Å². The van der Waals surface area contributed by atoms with Crippen LogP contribution in [0.2, 0.25) is 0 Å². The fraction of sp³-hybridized carbons (Fsp3) is 0.474. The SMILES string of the molecule is CC(=O)NCc1cc([C@@H]2CCCN2C(=O)c2ccnn2C(C)C)ccn1. The molecule has 0 spiro atoms. The van der Waals surface area contributed by atoms with E-state index in [-0.39, 0.29) is 23.9 Å². The van der Waals surface area contributed by atoms with E-state index in [1.807, 2.05) is 30.9 Å². The van der Waals surface area contributed by atoms with Crippen molar-refractivity contribution in [1.29, 1.82) is 0 Å². The van der Waals surface area contributed by atoms with Gasteiger partial charge in [0.2, 0.25) is 5.91 Å². The van der Waals surface area contributed by atoms with E-state index in [4.69, 9.17) is 0 Å². The first-order chi connectivity index (χ1) is 12.5. The zero-order chi connectivity index (χ0) is 18.7. The van der Waals surface area contributed by atoms with Gasteiger partial charge < -0.3 is 10.2 Å². The normalized spacial score (nSPS) is 16.9. The van der Waals surface area contributed by atoms with Crippen molar-refractivity contribution in [2.45, 2.75) is 52.2 Å². The lowest BCUT2D eigenvalue weighted by Crippen LogP contribution is -2.32. The summed E-state index contributed by atoms with van der Waals surface area (Å²) in [6.07, 6.45) is 5.31. The lowest BCUT2D eigenvalue weighted by Gasteiger charge is -2.26. The van der Waals surface area contributed by atoms with E-state index in [0.29, 0.717) is 12.2 Å². The maximum atomic E-state index is 13.1. The molecule has 2 aromatic rings. The van der Waals surface area contributed by atoms with E-state index >= 15 is 0 Å². The van der Waals surface area contributed by atoms with E-state index in [9.17, 15) is 9.59 Å². The number of pyridine rings is 1. The quantitative estimate of drug-likeness (QED) is 0.893. The molecule has 1 atom stereocenters. The molecule has 1 fully saturated rings. The molecular formula is C19H25N5O2. The van der Waals surface area contributed by atoms with Crippen molar-refractivity contribution in [2.75, 3.05) is 6.54 Å². The molecule has 1 aliphatic rings. The summed E-state index contributed by atoms with van der Waals surface area (Å²) < 4.78 is 1.77. The van der Waals surface area contributed by atoms with Gasteiger partial charge in [-0.1, -0.05) is 0 Å². The van der Waals surface area contributed by atoms with Gasteiger partial charge in [0, 0.05) is 31.9 Å². The Bertz CT molecular complexity index is 799. The zero-order valence-corrected chi connectivity index (χ0v) is 15.5. The average Bonchev–Trinajstić information content (AvgIpc) is 3.29. The minimum Gasteiger partial charge on any atom is -0.351 e. The van der Waals surface area contributed by atoms with Crippen molar-refractivity contribution in [2.24, 2.45) is 0 Å². The summed E-state index contributed by atoms with van der Waals surface area (Å²) in [5.74, 6) is -0.0734. The van der Waals surface area contributed by atoms with Gasteiger partial charge in [-0.05, 0) is 50.5 Å². The monoisotopic (exact) mass is 355 g/mol. The summed E-state index contributed by atoms with van der Waals surface area (Å²) in [5, 5.41) is 7.04. The summed E-state index contributed by atoms with van der Waals surface area (Å²) in [6.45, 7) is 6.64. The number of likely N-dealkylation sites (tertiary alicyclic amines) is 1. The Labute approximate surface area is 153 Å². The molecule has 3 heterocycles. The third-order valence-corrected chi connectivity index (χ3v) is 4.64. The molecule has 26 heavy (non-hydrogen) atoms. The topological polar surface area (TPSA) is 80.1 Å². The largest absolute Gasteiger partial charge is 0.351 e. The number of hydrogen-bond acceptors (Lipinski definition) is 4. The minimum absolute atomic E-state index is 0.0129. The molecule has 1 saturated heterocycles. The second kappa shape index (κ2) is 7.68. The molecule has 2 amide bonds. The highest BCUT2D eigenvalue weighted by molar-refractivity contribution is 5.93. The Morgan fingerprint density at radius 2 is 2.12 bits per heavy atom. The van der Waals surface area contributed by atoms with Crippen molar-refractivity contribution in [1.82, 2.24) is 25.0 Å². The Morgan fingerprint density at radius 3 is 2.85 bits per heavy atom. The van der Waals surface area contributed by atoms with Gasteiger partial charge >= 0.3 is 0 Å². The second-order valence-corrected chi connectivity index (χ2v) is 6.90. The standard InChI is InChI=1S/C19H25N5O2/c1-13(2)24-18(7-9-22-24)19(26)23-10-4-5-17(23)15-6-8-20-16(11-15)12-21-14(3)25/h6-9,11,13,17H,4-5,10,12H2,1-3H3,(H,21,25)/t17-/m0/s1. The molecule has 0 aliphatic carbocycles. The predicted molar refractivity (Wildman–Crippen MR) is 97.4 cm³/mol. The van der Waals surface area contributed by atoms with Gasteiger partial charge in [0.1, 0.15) is 5.69 Å². The first-order valence-corrected chi connectivity index (χ1v) is 9.01. The predicted octanol–water partition coefficient (Wildman–Crippen LogP) is 2.47. The summed E-state index contributed by atoms with van der Waals surface area (Å²) in [4.78, 5) is 30.5. The number of carbonyl (C=O) groups is 2. The molecule has 0 unspecified atom stereocenters. The van der Waals surface area contributed by atoms with Gasteiger partial charge in [-0.3, -0.25) is 19.3 Å². The first kappa shape index (κ1) is 18.1. The Morgan fingerprint density at radius 1 is 1.31 bits per heavy atom. The molecule has 1 aliphatic heterocycles. The van der Waals surface area contributed by atoms with E-state index in [0.717, 1.165) is 30.6 Å². The van der Waals surface area contributed by atoms with Gasteiger partial charge in [-0.25, -0.2) is 0 Å². The summed E-state index contributed by atoms with van der Waals surface area (Å²) in [6, 6.07) is 5.87. The van der Waals surface area contributed by atoms with Crippen LogP contribution in [-0.2, 0) is 11.3 Å². The Balaban J connectivity index is 1.82. The smallest absolute Gasteiger partial charge is 0.272 e. The van der Waals surface area contributed by atoms with Crippen LogP contribution in [0.5, 0.6) is 0 Å². The summed E-state index contributed by atoms with van der Waals surface area (Å²) in [7, 11) is 0. The molecule has 0 radical (unpaired) electrons. The lowest BCUT2D eigenvalue weighted by atomic mass is 10.0. The highest BCUT2D eigenvalue weighted by atomic mass is 16.2. The Hall–Kier alpha value is -2.70. The molecule has 0 aromatic carbocycles. The molecule has 7 nitrogen and oxygen atoms in total. The van der Waals surface area contributed by atoms with E-state index < -0.39 is 0 Å². The maximum Gasteiger partial charge on any atom is 0.272 e. The van der Waals surface area contributed by atoms with Crippen LogP contribution in [0.4, 0.5) is 0 Å². The number of rotatable bonds is 5. The number of aromatic nitrogens is 3. The maximum absolute atomic E-state index is 13.1. The Kier molecular flexibility index (Phi) is 5.35. The van der Waals surface area contributed by atoms with Crippen molar-refractivity contribution >= 4 is 11.8 Å². The second-order valence-electron chi connectivity index (χ2n) is 6.90. The number of carbonyl (C=O) groups excluding carboxylic acids is 2. The molecular weight excluding hydrogens is 330 g/mol. The van der Waals surface area contributed by atoms with E-state index in [1.54, 1.807) is 23.1 Å². The minimum atomic E-state index is -0.0863. The molecule has 0 bridgehead atoms. The van der Waals surface area contributed by atoms with Gasteiger partial charge in [0.25, 0.3) is 5.91 Å². The fourth-order valence-corrected chi connectivity index (χ4v) is 3.41. The van der Waals surface area contributed by atoms with Gasteiger partial charge in [-0.15, -0.1) is 0 Å². The molecule has 3 rings (SSSR count). The number of nitrogens with one attached hydrogen (secondary N) is 1. The first-order valence-electron chi connectivity index (χ1n) is 9.01. The zero-order valence-electron chi connectivity index (χ0n) is 15.5. The number of amides is 2. The van der Waals surface area contributed by atoms with E-state index in [2.05, 4.69) is 15.4 Å². The van der Waals surface area contributed by atoms with Crippen molar-refractivity contribution in [3.05, 3.63) is 47.5 Å².